The van der Waals surface area contributed by atoms with Gasteiger partial charge in [0.25, 0.3) is 0 Å². The van der Waals surface area contributed by atoms with Crippen molar-refractivity contribution in [2.75, 3.05) is 0 Å². The fourth-order valence-corrected chi connectivity index (χ4v) is 3.07. The molecule has 3 unspecified atom stereocenters. The first kappa shape index (κ1) is 11.9. The van der Waals surface area contributed by atoms with E-state index in [0.29, 0.717) is 11.8 Å². The highest BCUT2D eigenvalue weighted by molar-refractivity contribution is 9.10. The van der Waals surface area contributed by atoms with E-state index in [1.165, 1.54) is 17.5 Å². The third kappa shape index (κ3) is 2.36. The van der Waals surface area contributed by atoms with Gasteiger partial charge in [-0.3, -0.25) is 0 Å². The van der Waals surface area contributed by atoms with Crippen LogP contribution in [0.25, 0.3) is 0 Å². The molecule has 0 saturated heterocycles. The van der Waals surface area contributed by atoms with Crippen LogP contribution in [0.3, 0.4) is 0 Å². The Labute approximate surface area is 116 Å². The van der Waals surface area contributed by atoms with Crippen LogP contribution < -0.4 is 5.73 Å². The van der Waals surface area contributed by atoms with Crippen LogP contribution in [0.5, 0.6) is 0 Å². The van der Waals surface area contributed by atoms with E-state index in [0.717, 1.165) is 4.47 Å². The second kappa shape index (κ2) is 4.87. The van der Waals surface area contributed by atoms with Crippen LogP contribution in [-0.4, -0.2) is 0 Å². The molecule has 1 saturated carbocycles. The van der Waals surface area contributed by atoms with Crippen LogP contribution >= 0.6 is 15.9 Å². The lowest BCUT2D eigenvalue weighted by molar-refractivity contribution is 0.615. The minimum Gasteiger partial charge on any atom is -0.324 e. The fraction of sp³-hybridized carbons (Fsp3) is 0.250. The molecule has 2 N–H and O–H groups in total. The summed E-state index contributed by atoms with van der Waals surface area (Å²) >= 11 is 3.50. The van der Waals surface area contributed by atoms with Crippen LogP contribution in [0.4, 0.5) is 0 Å². The summed E-state index contributed by atoms with van der Waals surface area (Å²) in [5.41, 5.74) is 9.03. The molecule has 0 aliphatic heterocycles. The maximum Gasteiger partial charge on any atom is 0.0330 e. The van der Waals surface area contributed by atoms with Crippen molar-refractivity contribution in [3.05, 3.63) is 70.2 Å². The van der Waals surface area contributed by atoms with E-state index in [2.05, 4.69) is 64.5 Å². The molecule has 3 rings (SSSR count). The van der Waals surface area contributed by atoms with Gasteiger partial charge >= 0.3 is 0 Å². The average molecular weight is 302 g/mol. The van der Waals surface area contributed by atoms with Gasteiger partial charge in [-0.2, -0.15) is 0 Å². The Balaban J connectivity index is 1.75. The Morgan fingerprint density at radius 3 is 2.56 bits per heavy atom. The topological polar surface area (TPSA) is 26.0 Å². The van der Waals surface area contributed by atoms with Crippen molar-refractivity contribution in [3.63, 3.8) is 0 Å². The number of hydrogen-bond donors (Lipinski definition) is 1. The summed E-state index contributed by atoms with van der Waals surface area (Å²) in [6.07, 6.45) is 1.21. The summed E-state index contributed by atoms with van der Waals surface area (Å²) in [7, 11) is 0. The van der Waals surface area contributed by atoms with Crippen LogP contribution in [0.15, 0.2) is 59.1 Å². The van der Waals surface area contributed by atoms with E-state index < -0.39 is 0 Å². The number of benzene rings is 2. The zero-order valence-corrected chi connectivity index (χ0v) is 11.7. The van der Waals surface area contributed by atoms with Gasteiger partial charge in [0.05, 0.1) is 0 Å². The van der Waals surface area contributed by atoms with Crippen LogP contribution in [0.2, 0.25) is 0 Å². The Bertz CT molecular complexity index is 538. The Morgan fingerprint density at radius 2 is 1.83 bits per heavy atom. The SMILES string of the molecule is NC(c1cccc(Br)c1)C1CC1c1ccccc1. The summed E-state index contributed by atoms with van der Waals surface area (Å²) in [5, 5.41) is 0. The monoisotopic (exact) mass is 301 g/mol. The maximum absolute atomic E-state index is 6.38. The second-order valence-corrected chi connectivity index (χ2v) is 5.91. The number of rotatable bonds is 3. The van der Waals surface area contributed by atoms with Crippen molar-refractivity contribution in [2.45, 2.75) is 18.4 Å². The lowest BCUT2D eigenvalue weighted by Crippen LogP contribution is -2.13. The van der Waals surface area contributed by atoms with Gasteiger partial charge in [-0.1, -0.05) is 58.4 Å². The minimum atomic E-state index is 0.146. The van der Waals surface area contributed by atoms with E-state index in [-0.39, 0.29) is 6.04 Å². The predicted octanol–water partition coefficient (Wildman–Crippen LogP) is 4.25. The van der Waals surface area contributed by atoms with Gasteiger partial charge in [-0.05, 0) is 41.5 Å². The van der Waals surface area contributed by atoms with Crippen LogP contribution in [-0.2, 0) is 0 Å². The average Bonchev–Trinajstić information content (AvgIpc) is 3.19. The lowest BCUT2D eigenvalue weighted by Gasteiger charge is -2.12. The second-order valence-electron chi connectivity index (χ2n) is 5.00. The van der Waals surface area contributed by atoms with E-state index >= 15 is 0 Å². The molecule has 0 aromatic heterocycles. The molecule has 18 heavy (non-hydrogen) atoms. The number of halogens is 1. The van der Waals surface area contributed by atoms with Gasteiger partial charge in [0.2, 0.25) is 0 Å². The van der Waals surface area contributed by atoms with Gasteiger partial charge < -0.3 is 5.73 Å². The predicted molar refractivity (Wildman–Crippen MR) is 78.4 cm³/mol. The first-order valence-electron chi connectivity index (χ1n) is 6.31. The highest BCUT2D eigenvalue weighted by atomic mass is 79.9. The Morgan fingerprint density at radius 1 is 1.06 bits per heavy atom. The molecule has 0 radical (unpaired) electrons. The Hall–Kier alpha value is -1.12. The Kier molecular flexibility index (Phi) is 3.23. The number of hydrogen-bond acceptors (Lipinski definition) is 1. The normalized spacial score (nSPS) is 23.7. The highest BCUT2D eigenvalue weighted by Gasteiger charge is 2.42. The molecule has 1 nitrogen and oxygen atoms in total. The van der Waals surface area contributed by atoms with Crippen molar-refractivity contribution < 1.29 is 0 Å². The molecule has 0 spiro atoms. The molecule has 0 bridgehead atoms. The molecule has 1 fully saturated rings. The highest BCUT2D eigenvalue weighted by Crippen LogP contribution is 2.53. The lowest BCUT2D eigenvalue weighted by atomic mass is 10.00. The molecule has 2 aromatic rings. The zero-order valence-electron chi connectivity index (χ0n) is 10.1. The third-order valence-electron chi connectivity index (χ3n) is 3.76. The van der Waals surface area contributed by atoms with E-state index in [4.69, 9.17) is 5.73 Å². The summed E-state index contributed by atoms with van der Waals surface area (Å²) in [4.78, 5) is 0. The quantitative estimate of drug-likeness (QED) is 0.901. The largest absolute Gasteiger partial charge is 0.324 e. The molecule has 2 aromatic carbocycles. The fourth-order valence-electron chi connectivity index (χ4n) is 2.66. The van der Waals surface area contributed by atoms with Gasteiger partial charge in [-0.15, -0.1) is 0 Å². The molecule has 0 heterocycles. The number of nitrogens with two attached hydrogens (primary N) is 1. The molecule has 1 aliphatic carbocycles. The van der Waals surface area contributed by atoms with Gasteiger partial charge in [0.15, 0.2) is 0 Å². The summed E-state index contributed by atoms with van der Waals surface area (Å²) in [5.74, 6) is 1.22. The third-order valence-corrected chi connectivity index (χ3v) is 4.26. The van der Waals surface area contributed by atoms with Gasteiger partial charge in [-0.25, -0.2) is 0 Å². The van der Waals surface area contributed by atoms with Gasteiger partial charge in [0, 0.05) is 10.5 Å². The molecule has 3 atom stereocenters. The summed E-state index contributed by atoms with van der Waals surface area (Å²) < 4.78 is 1.10. The first-order valence-corrected chi connectivity index (χ1v) is 7.11. The zero-order chi connectivity index (χ0) is 12.5. The van der Waals surface area contributed by atoms with Crippen molar-refractivity contribution in [1.29, 1.82) is 0 Å². The van der Waals surface area contributed by atoms with E-state index in [9.17, 15) is 0 Å². The van der Waals surface area contributed by atoms with Gasteiger partial charge in [0.1, 0.15) is 0 Å². The summed E-state index contributed by atoms with van der Waals surface area (Å²) in [6, 6.07) is 19.2. The van der Waals surface area contributed by atoms with Crippen molar-refractivity contribution in [2.24, 2.45) is 11.7 Å². The molecule has 92 valence electrons. The molecule has 2 heteroatoms. The summed E-state index contributed by atoms with van der Waals surface area (Å²) in [6.45, 7) is 0. The molecular weight excluding hydrogens is 286 g/mol. The smallest absolute Gasteiger partial charge is 0.0330 e. The van der Waals surface area contributed by atoms with Crippen molar-refractivity contribution in [1.82, 2.24) is 0 Å². The standard InChI is InChI=1S/C16H16BrN/c17-13-8-4-7-12(9-13)16(18)15-10-14(15)11-5-2-1-3-6-11/h1-9,14-16H,10,18H2. The first-order chi connectivity index (χ1) is 8.75. The maximum atomic E-state index is 6.38. The van der Waals surface area contributed by atoms with Crippen LogP contribution in [0, 0.1) is 5.92 Å². The minimum absolute atomic E-state index is 0.146. The van der Waals surface area contributed by atoms with Crippen molar-refractivity contribution in [3.8, 4) is 0 Å². The van der Waals surface area contributed by atoms with E-state index in [1.54, 1.807) is 0 Å². The van der Waals surface area contributed by atoms with E-state index in [1.807, 2.05) is 6.07 Å². The molecule has 0 amide bonds. The van der Waals surface area contributed by atoms with Crippen molar-refractivity contribution >= 4 is 15.9 Å². The molecular formula is C16H16BrN. The van der Waals surface area contributed by atoms with Crippen LogP contribution in [0.1, 0.15) is 29.5 Å². The molecule has 1 aliphatic rings.